The molecule has 0 aliphatic heterocycles. The molecule has 1 N–H and O–H groups in total. The summed E-state index contributed by atoms with van der Waals surface area (Å²) in [5.74, 6) is -0.268. The van der Waals surface area contributed by atoms with Crippen LogP contribution in [0.25, 0.3) is 0 Å². The fourth-order valence-electron chi connectivity index (χ4n) is 5.54. The van der Waals surface area contributed by atoms with E-state index >= 15 is 0 Å². The molecule has 1 atom stereocenters. The molecule has 1 saturated carbocycles. The minimum absolute atomic E-state index is 0.00370. The maximum Gasteiger partial charge on any atom is 0.264 e. The lowest BCUT2D eigenvalue weighted by molar-refractivity contribution is -0.140. The Bertz CT molecular complexity index is 1560. The third-order valence-electron chi connectivity index (χ3n) is 8.02. The highest BCUT2D eigenvalue weighted by Gasteiger charge is 2.34. The summed E-state index contributed by atoms with van der Waals surface area (Å²) >= 11 is 12.7. The number of nitrogens with one attached hydrogen (secondary N) is 1. The molecule has 242 valence electrons. The average molecular weight is 675 g/mol. The number of carbonyl (C=O) groups excluding carboxylic acids is 2. The van der Waals surface area contributed by atoms with Crippen molar-refractivity contribution in [2.24, 2.45) is 0 Å². The Balaban J connectivity index is 1.71. The fourth-order valence-corrected chi connectivity index (χ4v) is 7.42. The van der Waals surface area contributed by atoms with Crippen molar-refractivity contribution in [1.29, 1.82) is 0 Å². The zero-order chi connectivity index (χ0) is 32.6. The van der Waals surface area contributed by atoms with Gasteiger partial charge in [-0.1, -0.05) is 73.2 Å². The summed E-state index contributed by atoms with van der Waals surface area (Å²) in [7, 11) is -4.20. The molecule has 8 nitrogen and oxygen atoms in total. The SMILES string of the molecule is CCOc1ccc(S(=O)(=O)N(CC(=O)N(Cc2ccc(Cl)cc2Cl)[C@H](CC)C(=O)NC2CCCCC2)c2ccc(C)cc2)cc1. The van der Waals surface area contributed by atoms with Crippen molar-refractivity contribution in [3.63, 3.8) is 0 Å². The molecule has 0 radical (unpaired) electrons. The van der Waals surface area contributed by atoms with Crippen LogP contribution < -0.4 is 14.4 Å². The lowest BCUT2D eigenvalue weighted by atomic mass is 9.95. The number of rotatable bonds is 13. The van der Waals surface area contributed by atoms with E-state index in [9.17, 15) is 18.0 Å². The molecule has 0 bridgehead atoms. The highest BCUT2D eigenvalue weighted by molar-refractivity contribution is 7.92. The third kappa shape index (κ3) is 8.93. The highest BCUT2D eigenvalue weighted by atomic mass is 35.5. The molecular weight excluding hydrogens is 633 g/mol. The second-order valence-corrected chi connectivity index (χ2v) is 14.0. The second kappa shape index (κ2) is 15.8. The normalized spacial score (nSPS) is 14.4. The predicted octanol–water partition coefficient (Wildman–Crippen LogP) is 7.15. The first-order valence-corrected chi connectivity index (χ1v) is 17.6. The lowest BCUT2D eigenvalue weighted by Crippen LogP contribution is -2.54. The molecular formula is C34H41Cl2N3O5S. The second-order valence-electron chi connectivity index (χ2n) is 11.3. The third-order valence-corrected chi connectivity index (χ3v) is 10.4. The molecule has 4 rings (SSSR count). The standard InChI is InChI=1S/C34H41Cl2N3O5S/c1-4-32(34(41)37-27-9-7-6-8-10-27)38(22-25-13-14-26(35)21-31(25)36)33(40)23-39(28-15-11-24(3)12-16-28)45(42,43)30-19-17-29(18-20-30)44-5-2/h11-21,27,32H,4-10,22-23H2,1-3H3,(H,37,41)/t32-/m1/s1. The van der Waals surface area contributed by atoms with E-state index in [1.54, 1.807) is 54.6 Å². The molecule has 0 aromatic heterocycles. The first kappa shape index (κ1) is 34.6. The zero-order valence-corrected chi connectivity index (χ0v) is 28.3. The van der Waals surface area contributed by atoms with E-state index in [2.05, 4.69) is 5.32 Å². The summed E-state index contributed by atoms with van der Waals surface area (Å²) in [5.41, 5.74) is 1.86. The first-order valence-electron chi connectivity index (χ1n) is 15.4. The van der Waals surface area contributed by atoms with Gasteiger partial charge in [-0.3, -0.25) is 13.9 Å². The monoisotopic (exact) mass is 673 g/mol. The van der Waals surface area contributed by atoms with Crippen LogP contribution in [-0.4, -0.2) is 50.4 Å². The quantitative estimate of drug-likeness (QED) is 0.208. The number of hydrogen-bond acceptors (Lipinski definition) is 5. The zero-order valence-electron chi connectivity index (χ0n) is 26.0. The summed E-state index contributed by atoms with van der Waals surface area (Å²) < 4.78 is 34.8. The van der Waals surface area contributed by atoms with E-state index in [4.69, 9.17) is 27.9 Å². The van der Waals surface area contributed by atoms with E-state index in [0.717, 1.165) is 42.0 Å². The number of amides is 2. The van der Waals surface area contributed by atoms with Crippen molar-refractivity contribution in [2.75, 3.05) is 17.5 Å². The Hall–Kier alpha value is -3.27. The Morgan fingerprint density at radius 3 is 2.22 bits per heavy atom. The van der Waals surface area contributed by atoms with Gasteiger partial charge in [0.05, 0.1) is 17.2 Å². The lowest BCUT2D eigenvalue weighted by Gasteiger charge is -2.34. The summed E-state index contributed by atoms with van der Waals surface area (Å²) in [6.07, 6.45) is 5.33. The van der Waals surface area contributed by atoms with Crippen LogP contribution in [0.2, 0.25) is 10.0 Å². The van der Waals surface area contributed by atoms with Gasteiger partial charge in [0, 0.05) is 22.6 Å². The van der Waals surface area contributed by atoms with Gasteiger partial charge < -0.3 is 15.0 Å². The Labute approximate surface area is 276 Å². The molecule has 45 heavy (non-hydrogen) atoms. The number of hydrogen-bond donors (Lipinski definition) is 1. The number of ether oxygens (including phenoxy) is 1. The number of nitrogens with zero attached hydrogens (tertiary/aromatic N) is 2. The number of sulfonamides is 1. The van der Waals surface area contributed by atoms with Crippen molar-refractivity contribution in [3.8, 4) is 5.75 Å². The summed E-state index contributed by atoms with van der Waals surface area (Å²) in [6.45, 7) is 5.49. The molecule has 3 aromatic carbocycles. The Kier molecular flexibility index (Phi) is 12.2. The molecule has 0 spiro atoms. The van der Waals surface area contributed by atoms with Gasteiger partial charge in [0.15, 0.2) is 0 Å². The average Bonchev–Trinajstić information content (AvgIpc) is 3.02. The van der Waals surface area contributed by atoms with E-state index in [1.165, 1.54) is 17.0 Å². The minimum atomic E-state index is -4.20. The van der Waals surface area contributed by atoms with Crippen molar-refractivity contribution in [2.45, 2.75) is 82.8 Å². The fraction of sp³-hybridized carbons (Fsp3) is 0.412. The molecule has 11 heteroatoms. The number of halogens is 2. The molecule has 0 unspecified atom stereocenters. The largest absolute Gasteiger partial charge is 0.494 e. The van der Waals surface area contributed by atoms with Crippen molar-refractivity contribution < 1.29 is 22.7 Å². The highest BCUT2D eigenvalue weighted by Crippen LogP contribution is 2.28. The number of carbonyl (C=O) groups is 2. The molecule has 0 heterocycles. The topological polar surface area (TPSA) is 96.0 Å². The van der Waals surface area contributed by atoms with Crippen LogP contribution in [0, 0.1) is 6.92 Å². The van der Waals surface area contributed by atoms with Crippen LogP contribution in [0.5, 0.6) is 5.75 Å². The first-order chi connectivity index (χ1) is 21.5. The maximum atomic E-state index is 14.3. The molecule has 0 saturated heterocycles. The molecule has 1 fully saturated rings. The molecule has 1 aliphatic rings. The van der Waals surface area contributed by atoms with Gasteiger partial charge >= 0.3 is 0 Å². The molecule has 2 amide bonds. The number of benzene rings is 3. The van der Waals surface area contributed by atoms with Gasteiger partial charge in [-0.15, -0.1) is 0 Å². The summed E-state index contributed by atoms with van der Waals surface area (Å²) in [6, 6.07) is 17.2. The van der Waals surface area contributed by atoms with Gasteiger partial charge in [0.2, 0.25) is 11.8 Å². The van der Waals surface area contributed by atoms with Gasteiger partial charge in [-0.05, 0) is 87.2 Å². The van der Waals surface area contributed by atoms with Crippen molar-refractivity contribution in [1.82, 2.24) is 10.2 Å². The van der Waals surface area contributed by atoms with Crippen LogP contribution in [-0.2, 0) is 26.2 Å². The van der Waals surface area contributed by atoms with Crippen molar-refractivity contribution >= 4 is 50.7 Å². The van der Waals surface area contributed by atoms with Crippen LogP contribution in [0.3, 0.4) is 0 Å². The Morgan fingerprint density at radius 1 is 0.956 bits per heavy atom. The van der Waals surface area contributed by atoms with Crippen LogP contribution in [0.1, 0.15) is 63.5 Å². The maximum absolute atomic E-state index is 14.3. The van der Waals surface area contributed by atoms with E-state index in [-0.39, 0.29) is 23.4 Å². The van der Waals surface area contributed by atoms with Gasteiger partial charge in [-0.2, -0.15) is 0 Å². The summed E-state index contributed by atoms with van der Waals surface area (Å²) in [5, 5.41) is 3.93. The van der Waals surface area contributed by atoms with E-state index in [0.29, 0.717) is 40.1 Å². The van der Waals surface area contributed by atoms with E-state index in [1.807, 2.05) is 20.8 Å². The molecule has 1 aliphatic carbocycles. The summed E-state index contributed by atoms with van der Waals surface area (Å²) in [4.78, 5) is 29.5. The molecule has 3 aromatic rings. The van der Waals surface area contributed by atoms with Gasteiger partial charge in [0.1, 0.15) is 18.3 Å². The predicted molar refractivity (Wildman–Crippen MR) is 179 cm³/mol. The Morgan fingerprint density at radius 2 is 1.62 bits per heavy atom. The van der Waals surface area contributed by atoms with Crippen LogP contribution in [0.4, 0.5) is 5.69 Å². The van der Waals surface area contributed by atoms with Gasteiger partial charge in [0.25, 0.3) is 10.0 Å². The number of aryl methyl sites for hydroxylation is 1. The smallest absolute Gasteiger partial charge is 0.264 e. The minimum Gasteiger partial charge on any atom is -0.494 e. The van der Waals surface area contributed by atoms with Crippen molar-refractivity contribution in [3.05, 3.63) is 87.9 Å². The number of anilines is 1. The van der Waals surface area contributed by atoms with Gasteiger partial charge in [-0.25, -0.2) is 8.42 Å². The van der Waals surface area contributed by atoms with E-state index < -0.39 is 28.5 Å². The van der Waals surface area contributed by atoms with Crippen LogP contribution in [0.15, 0.2) is 71.6 Å². The van der Waals surface area contributed by atoms with Crippen LogP contribution >= 0.6 is 23.2 Å².